The summed E-state index contributed by atoms with van der Waals surface area (Å²) in [5.41, 5.74) is 6.32. The number of methoxy groups -OCH3 is 2. The van der Waals surface area contributed by atoms with Gasteiger partial charge in [0.05, 0.1) is 25.3 Å². The Morgan fingerprint density at radius 1 is 1.12 bits per heavy atom. The van der Waals surface area contributed by atoms with Gasteiger partial charge in [-0.25, -0.2) is 9.59 Å². The van der Waals surface area contributed by atoms with E-state index in [1.807, 2.05) is 22.6 Å². The Morgan fingerprint density at radius 3 is 2.00 bits per heavy atom. The van der Waals surface area contributed by atoms with Gasteiger partial charge in [0.1, 0.15) is 0 Å². The van der Waals surface area contributed by atoms with Crippen molar-refractivity contribution in [2.24, 2.45) is 0 Å². The summed E-state index contributed by atoms with van der Waals surface area (Å²) in [7, 11) is 2.48. The van der Waals surface area contributed by atoms with Crippen LogP contribution in [-0.2, 0) is 9.47 Å². The van der Waals surface area contributed by atoms with Gasteiger partial charge in [-0.1, -0.05) is 0 Å². The summed E-state index contributed by atoms with van der Waals surface area (Å²) in [6, 6.07) is 2.90. The Bertz CT molecular complexity index is 404. The molecule has 1 rings (SSSR count). The molecule has 0 saturated heterocycles. The zero-order valence-corrected chi connectivity index (χ0v) is 10.9. The smallest absolute Gasteiger partial charge is 0.338 e. The minimum Gasteiger partial charge on any atom is -0.465 e. The molecule has 1 aromatic carbocycles. The minimum absolute atomic E-state index is 0.104. The van der Waals surface area contributed by atoms with Crippen LogP contribution in [0.25, 0.3) is 0 Å². The van der Waals surface area contributed by atoms with Crippen LogP contribution < -0.4 is 5.73 Å². The van der Waals surface area contributed by atoms with E-state index in [-0.39, 0.29) is 11.1 Å². The monoisotopic (exact) mass is 335 g/mol. The predicted octanol–water partition coefficient (Wildman–Crippen LogP) is 1.45. The topological polar surface area (TPSA) is 78.6 Å². The molecule has 0 heterocycles. The van der Waals surface area contributed by atoms with Crippen molar-refractivity contribution in [1.29, 1.82) is 0 Å². The summed E-state index contributed by atoms with van der Waals surface area (Å²) in [6.45, 7) is 0. The molecule has 86 valence electrons. The van der Waals surface area contributed by atoms with Gasteiger partial charge in [-0.05, 0) is 34.7 Å². The Kier molecular flexibility index (Phi) is 4.11. The SMILES string of the molecule is COC(=O)c1cc(N)c(I)cc1C(=O)OC. The number of benzene rings is 1. The molecule has 0 radical (unpaired) electrons. The lowest BCUT2D eigenvalue weighted by molar-refractivity contribution is 0.0555. The van der Waals surface area contributed by atoms with Gasteiger partial charge in [0.25, 0.3) is 0 Å². The number of carbonyl (C=O) groups is 2. The Balaban J connectivity index is 3.38. The minimum atomic E-state index is -0.622. The molecule has 0 amide bonds. The molecule has 0 saturated carbocycles. The van der Waals surface area contributed by atoms with Crippen molar-refractivity contribution in [1.82, 2.24) is 0 Å². The summed E-state index contributed by atoms with van der Waals surface area (Å²) in [5, 5.41) is 0. The van der Waals surface area contributed by atoms with Gasteiger partial charge in [-0.3, -0.25) is 0 Å². The van der Waals surface area contributed by atoms with Crippen molar-refractivity contribution < 1.29 is 19.1 Å². The normalized spacial score (nSPS) is 9.69. The summed E-state index contributed by atoms with van der Waals surface area (Å²) >= 11 is 1.97. The first-order valence-electron chi connectivity index (χ1n) is 4.27. The van der Waals surface area contributed by atoms with Gasteiger partial charge < -0.3 is 15.2 Å². The fraction of sp³-hybridized carbons (Fsp3) is 0.200. The lowest BCUT2D eigenvalue weighted by atomic mass is 10.1. The molecule has 0 unspecified atom stereocenters. The van der Waals surface area contributed by atoms with Gasteiger partial charge in [0.2, 0.25) is 0 Å². The molecule has 0 atom stereocenters. The van der Waals surface area contributed by atoms with Crippen molar-refractivity contribution in [3.05, 3.63) is 26.8 Å². The maximum atomic E-state index is 11.4. The van der Waals surface area contributed by atoms with E-state index in [2.05, 4.69) is 9.47 Å². The van der Waals surface area contributed by atoms with E-state index in [1.54, 1.807) is 0 Å². The van der Waals surface area contributed by atoms with E-state index in [9.17, 15) is 9.59 Å². The number of anilines is 1. The highest BCUT2D eigenvalue weighted by Gasteiger charge is 2.20. The second kappa shape index (κ2) is 5.15. The van der Waals surface area contributed by atoms with E-state index in [0.717, 1.165) is 0 Å². The van der Waals surface area contributed by atoms with Crippen molar-refractivity contribution >= 4 is 40.2 Å². The van der Waals surface area contributed by atoms with Crippen LogP contribution in [0, 0.1) is 3.57 Å². The van der Waals surface area contributed by atoms with Crippen LogP contribution in [0.15, 0.2) is 12.1 Å². The number of halogens is 1. The molecule has 0 spiro atoms. The first-order chi connectivity index (χ1) is 7.51. The number of nitrogen functional groups attached to an aromatic ring is 1. The molecule has 0 aliphatic rings. The number of esters is 2. The summed E-state index contributed by atoms with van der Waals surface area (Å²) in [5.74, 6) is -1.22. The van der Waals surface area contributed by atoms with Crippen molar-refractivity contribution in [2.45, 2.75) is 0 Å². The molecule has 2 N–H and O–H groups in total. The molecule has 0 aliphatic carbocycles. The van der Waals surface area contributed by atoms with Crippen LogP contribution in [0.3, 0.4) is 0 Å². The fourth-order valence-corrected chi connectivity index (χ4v) is 1.61. The number of carbonyl (C=O) groups excluding carboxylic acids is 2. The molecule has 0 bridgehead atoms. The van der Waals surface area contributed by atoms with Gasteiger partial charge in [0.15, 0.2) is 0 Å². The second-order valence-electron chi connectivity index (χ2n) is 2.90. The summed E-state index contributed by atoms with van der Waals surface area (Å²) in [6.07, 6.45) is 0. The molecule has 0 aliphatic heterocycles. The number of hydrogen-bond acceptors (Lipinski definition) is 5. The van der Waals surface area contributed by atoms with E-state index >= 15 is 0 Å². The van der Waals surface area contributed by atoms with Crippen molar-refractivity contribution in [3.63, 3.8) is 0 Å². The van der Waals surface area contributed by atoms with Gasteiger partial charge in [-0.15, -0.1) is 0 Å². The Labute approximate surface area is 106 Å². The van der Waals surface area contributed by atoms with Crippen molar-refractivity contribution in [3.8, 4) is 0 Å². The van der Waals surface area contributed by atoms with Gasteiger partial charge in [-0.2, -0.15) is 0 Å². The van der Waals surface area contributed by atoms with E-state index < -0.39 is 11.9 Å². The third kappa shape index (κ3) is 2.43. The highest BCUT2D eigenvalue weighted by molar-refractivity contribution is 14.1. The number of nitrogens with two attached hydrogens (primary N) is 1. The Morgan fingerprint density at radius 2 is 1.56 bits per heavy atom. The fourth-order valence-electron chi connectivity index (χ4n) is 1.15. The first-order valence-corrected chi connectivity index (χ1v) is 5.34. The van der Waals surface area contributed by atoms with Crippen LogP contribution in [0.4, 0.5) is 5.69 Å². The van der Waals surface area contributed by atoms with Crippen LogP contribution in [0.2, 0.25) is 0 Å². The highest BCUT2D eigenvalue weighted by Crippen LogP contribution is 2.22. The van der Waals surface area contributed by atoms with Crippen LogP contribution in [0.1, 0.15) is 20.7 Å². The third-order valence-corrected chi connectivity index (χ3v) is 2.88. The number of ether oxygens (including phenoxy) is 2. The lowest BCUT2D eigenvalue weighted by Gasteiger charge is -2.08. The number of hydrogen-bond donors (Lipinski definition) is 1. The maximum absolute atomic E-state index is 11.4. The van der Waals surface area contributed by atoms with E-state index in [0.29, 0.717) is 9.26 Å². The molecule has 16 heavy (non-hydrogen) atoms. The summed E-state index contributed by atoms with van der Waals surface area (Å²) < 4.78 is 9.81. The Hall–Kier alpha value is -1.31. The van der Waals surface area contributed by atoms with Gasteiger partial charge in [0, 0.05) is 9.26 Å². The van der Waals surface area contributed by atoms with Crippen LogP contribution in [0.5, 0.6) is 0 Å². The average molecular weight is 335 g/mol. The average Bonchev–Trinajstić information content (AvgIpc) is 2.30. The molecule has 5 nitrogen and oxygen atoms in total. The van der Waals surface area contributed by atoms with Gasteiger partial charge >= 0.3 is 11.9 Å². The molecule has 0 aromatic heterocycles. The molecule has 6 heteroatoms. The third-order valence-electron chi connectivity index (χ3n) is 1.95. The first kappa shape index (κ1) is 12.8. The molecule has 1 aromatic rings. The standard InChI is InChI=1S/C10H10INO4/c1-15-9(13)5-3-7(11)8(12)4-6(5)10(14)16-2/h3-4H,12H2,1-2H3. The maximum Gasteiger partial charge on any atom is 0.338 e. The quantitative estimate of drug-likeness (QED) is 0.503. The molecular weight excluding hydrogens is 325 g/mol. The predicted molar refractivity (Wildman–Crippen MR) is 66.3 cm³/mol. The van der Waals surface area contributed by atoms with Crippen LogP contribution >= 0.6 is 22.6 Å². The van der Waals surface area contributed by atoms with E-state index in [4.69, 9.17) is 5.73 Å². The highest BCUT2D eigenvalue weighted by atomic mass is 127. The molecular formula is C10H10INO4. The second-order valence-corrected chi connectivity index (χ2v) is 4.06. The summed E-state index contributed by atoms with van der Waals surface area (Å²) in [4.78, 5) is 22.9. The zero-order valence-electron chi connectivity index (χ0n) is 8.74. The zero-order chi connectivity index (χ0) is 12.3. The van der Waals surface area contributed by atoms with E-state index in [1.165, 1.54) is 26.4 Å². The largest absolute Gasteiger partial charge is 0.465 e. The lowest BCUT2D eigenvalue weighted by Crippen LogP contribution is -2.13. The van der Waals surface area contributed by atoms with Crippen molar-refractivity contribution in [2.75, 3.05) is 20.0 Å². The number of rotatable bonds is 2. The van der Waals surface area contributed by atoms with Crippen LogP contribution in [-0.4, -0.2) is 26.2 Å². The molecule has 0 fully saturated rings.